The minimum absolute atomic E-state index is 0.0296. The Balaban J connectivity index is 1.84. The summed E-state index contributed by atoms with van der Waals surface area (Å²) >= 11 is 0. The van der Waals surface area contributed by atoms with Gasteiger partial charge in [0.1, 0.15) is 5.82 Å². The molecule has 1 saturated heterocycles. The summed E-state index contributed by atoms with van der Waals surface area (Å²) in [5.41, 5.74) is 0.00941. The molecule has 0 N–H and O–H groups in total. The summed E-state index contributed by atoms with van der Waals surface area (Å²) in [4.78, 5) is 24.1. The fraction of sp³-hybridized carbons (Fsp3) is 0.300. The lowest BCUT2D eigenvalue weighted by molar-refractivity contribution is 0.395. The topological polar surface area (TPSA) is 81.4 Å². The Morgan fingerprint density at radius 1 is 0.966 bits per heavy atom. The second-order valence-corrected chi connectivity index (χ2v) is 9.10. The number of hydrogen-bond acceptors (Lipinski definition) is 4. The van der Waals surface area contributed by atoms with Crippen LogP contribution < -0.4 is 11.1 Å². The van der Waals surface area contributed by atoms with Crippen LogP contribution in [0, 0.1) is 5.82 Å². The van der Waals surface area contributed by atoms with Crippen LogP contribution in [0.2, 0.25) is 0 Å². The number of halogens is 1. The van der Waals surface area contributed by atoms with Crippen molar-refractivity contribution in [2.45, 2.75) is 23.8 Å². The number of aromatic nitrogens is 2. The van der Waals surface area contributed by atoms with Crippen LogP contribution in [-0.4, -0.2) is 28.4 Å². The zero-order valence-electron chi connectivity index (χ0n) is 16.0. The van der Waals surface area contributed by atoms with Crippen molar-refractivity contribution in [3.8, 4) is 0 Å². The van der Waals surface area contributed by atoms with E-state index < -0.39 is 33.0 Å². The van der Waals surface area contributed by atoms with Crippen LogP contribution in [0.3, 0.4) is 0 Å². The smallest absolute Gasteiger partial charge is 0.305 e. The zero-order chi connectivity index (χ0) is 20.9. The Kier molecular flexibility index (Phi) is 4.66. The van der Waals surface area contributed by atoms with Gasteiger partial charge in [-0.25, -0.2) is 12.8 Å². The van der Waals surface area contributed by atoms with Crippen LogP contribution in [0.1, 0.15) is 24.4 Å². The summed E-state index contributed by atoms with van der Waals surface area (Å²) in [5.74, 6) is -0.409. The van der Waals surface area contributed by atoms with E-state index in [0.29, 0.717) is 36.0 Å². The largest absolute Gasteiger partial charge is 0.316 e. The maximum absolute atomic E-state index is 13.7. The van der Waals surface area contributed by atoms with Gasteiger partial charge in [0.05, 0.1) is 22.0 Å². The average molecular weight is 417 g/mol. The van der Waals surface area contributed by atoms with Crippen molar-refractivity contribution >= 4 is 21.1 Å². The van der Waals surface area contributed by atoms with Gasteiger partial charge in [0.15, 0.2) is 0 Å². The number of fused-ring (bicyclic) bond motifs is 1. The van der Waals surface area contributed by atoms with Gasteiger partial charge in [-0.1, -0.05) is 12.1 Å². The van der Waals surface area contributed by atoms with Gasteiger partial charge in [-0.2, -0.15) is 4.31 Å². The third-order valence-electron chi connectivity index (χ3n) is 5.51. The Labute approximate surface area is 166 Å². The van der Waals surface area contributed by atoms with Gasteiger partial charge in [-0.3, -0.25) is 9.59 Å². The van der Waals surface area contributed by atoms with E-state index in [0.717, 1.165) is 4.57 Å². The lowest BCUT2D eigenvalue weighted by Crippen LogP contribution is -2.39. The molecule has 0 amide bonds. The van der Waals surface area contributed by atoms with Crippen LogP contribution in [0.5, 0.6) is 0 Å². The van der Waals surface area contributed by atoms with Crippen LogP contribution in [-0.2, 0) is 24.1 Å². The highest BCUT2D eigenvalue weighted by atomic mass is 32.2. The number of aryl methyl sites for hydroxylation is 2. The minimum atomic E-state index is -3.88. The van der Waals surface area contributed by atoms with Crippen molar-refractivity contribution in [1.82, 2.24) is 13.4 Å². The molecule has 0 saturated carbocycles. The van der Waals surface area contributed by atoms with E-state index in [1.54, 1.807) is 12.1 Å². The Bertz CT molecular complexity index is 1340. The Morgan fingerprint density at radius 2 is 1.66 bits per heavy atom. The van der Waals surface area contributed by atoms with Gasteiger partial charge >= 0.3 is 11.1 Å². The van der Waals surface area contributed by atoms with Crippen molar-refractivity contribution < 1.29 is 12.8 Å². The van der Waals surface area contributed by atoms with E-state index in [4.69, 9.17) is 0 Å². The van der Waals surface area contributed by atoms with E-state index in [9.17, 15) is 22.4 Å². The molecule has 3 aromatic rings. The maximum atomic E-state index is 13.7. The van der Waals surface area contributed by atoms with E-state index in [1.165, 1.54) is 53.3 Å². The van der Waals surface area contributed by atoms with E-state index in [-0.39, 0.29) is 4.90 Å². The van der Waals surface area contributed by atoms with Crippen LogP contribution in [0.15, 0.2) is 56.9 Å². The van der Waals surface area contributed by atoms with Gasteiger partial charge in [0.25, 0.3) is 0 Å². The second-order valence-electron chi connectivity index (χ2n) is 7.21. The fourth-order valence-corrected chi connectivity index (χ4v) is 5.63. The zero-order valence-corrected chi connectivity index (χ0v) is 16.8. The number of benzene rings is 2. The van der Waals surface area contributed by atoms with Crippen LogP contribution >= 0.6 is 0 Å². The standard InChI is InChI=1S/C20H20FN3O4S/c1-22-17-9-8-15(12-18(17)23(2)20(26)19(22)25)29(27,28)24-10-4-7-16(24)13-5-3-6-14(21)11-13/h3,5-6,8-9,11-12,16H,4,7,10H2,1-2H3/t16-/m0/s1. The molecule has 2 aromatic carbocycles. The summed E-state index contributed by atoms with van der Waals surface area (Å²) in [6.45, 7) is 0.327. The molecule has 1 aliphatic heterocycles. The lowest BCUT2D eigenvalue weighted by atomic mass is 10.1. The third-order valence-corrected chi connectivity index (χ3v) is 7.41. The van der Waals surface area contributed by atoms with Crippen molar-refractivity contribution in [2.75, 3.05) is 6.54 Å². The molecule has 0 unspecified atom stereocenters. The Morgan fingerprint density at radius 3 is 2.34 bits per heavy atom. The maximum Gasteiger partial charge on any atom is 0.316 e. The summed E-state index contributed by atoms with van der Waals surface area (Å²) in [6.07, 6.45) is 1.27. The number of hydrogen-bond donors (Lipinski definition) is 0. The first-order chi connectivity index (χ1) is 13.7. The highest BCUT2D eigenvalue weighted by Crippen LogP contribution is 2.37. The van der Waals surface area contributed by atoms with Crippen molar-refractivity contribution in [1.29, 1.82) is 0 Å². The molecular weight excluding hydrogens is 397 g/mol. The number of nitrogens with zero attached hydrogens (tertiary/aromatic N) is 3. The second kappa shape index (κ2) is 6.93. The molecule has 1 aliphatic rings. The normalized spacial score (nSPS) is 17.8. The van der Waals surface area contributed by atoms with Crippen molar-refractivity contribution in [2.24, 2.45) is 14.1 Å². The Hall–Kier alpha value is -2.78. The SMILES string of the molecule is Cn1c(=O)c(=O)n(C)c2cc(S(=O)(=O)N3CCC[C@H]3c3cccc(F)c3)ccc21. The molecule has 1 atom stereocenters. The molecule has 0 radical (unpaired) electrons. The highest BCUT2D eigenvalue weighted by Gasteiger charge is 2.36. The summed E-state index contributed by atoms with van der Waals surface area (Å²) in [7, 11) is -0.974. The molecule has 1 fully saturated rings. The van der Waals surface area contributed by atoms with Gasteiger partial charge in [0.2, 0.25) is 10.0 Å². The first-order valence-corrected chi connectivity index (χ1v) is 10.6. The summed E-state index contributed by atoms with van der Waals surface area (Å²) in [6, 6.07) is 9.90. The number of rotatable bonds is 3. The first-order valence-electron chi connectivity index (χ1n) is 9.19. The molecule has 4 rings (SSSR count). The first kappa shape index (κ1) is 19.5. The lowest BCUT2D eigenvalue weighted by Gasteiger charge is -2.25. The van der Waals surface area contributed by atoms with E-state index in [1.807, 2.05) is 0 Å². The summed E-state index contributed by atoms with van der Waals surface area (Å²) in [5, 5.41) is 0. The molecule has 9 heteroatoms. The molecule has 0 spiro atoms. The van der Waals surface area contributed by atoms with E-state index >= 15 is 0 Å². The van der Waals surface area contributed by atoms with Crippen LogP contribution in [0.25, 0.3) is 11.0 Å². The summed E-state index contributed by atoms with van der Waals surface area (Å²) < 4.78 is 44.2. The predicted molar refractivity (Wildman–Crippen MR) is 107 cm³/mol. The molecule has 0 aliphatic carbocycles. The van der Waals surface area contributed by atoms with Crippen molar-refractivity contribution in [3.05, 3.63) is 74.6 Å². The average Bonchev–Trinajstić information content (AvgIpc) is 3.21. The van der Waals surface area contributed by atoms with Gasteiger partial charge in [-0.05, 0) is 48.7 Å². The minimum Gasteiger partial charge on any atom is -0.305 e. The molecule has 29 heavy (non-hydrogen) atoms. The molecule has 152 valence electrons. The van der Waals surface area contributed by atoms with E-state index in [2.05, 4.69) is 0 Å². The predicted octanol–water partition coefficient (Wildman–Crippen LogP) is 1.90. The van der Waals surface area contributed by atoms with Gasteiger partial charge < -0.3 is 9.13 Å². The monoisotopic (exact) mass is 417 g/mol. The quantitative estimate of drug-likeness (QED) is 0.610. The van der Waals surface area contributed by atoms with Gasteiger partial charge in [-0.15, -0.1) is 0 Å². The molecular formula is C20H20FN3O4S. The third kappa shape index (κ3) is 3.10. The molecule has 2 heterocycles. The number of sulfonamides is 1. The van der Waals surface area contributed by atoms with Gasteiger partial charge in [0, 0.05) is 20.6 Å². The molecule has 7 nitrogen and oxygen atoms in total. The van der Waals surface area contributed by atoms with Crippen molar-refractivity contribution in [3.63, 3.8) is 0 Å². The van der Waals surface area contributed by atoms with Crippen LogP contribution in [0.4, 0.5) is 4.39 Å². The fourth-order valence-electron chi connectivity index (χ4n) is 3.93. The molecule has 1 aromatic heterocycles. The molecule has 0 bridgehead atoms. The highest BCUT2D eigenvalue weighted by molar-refractivity contribution is 7.89.